The van der Waals surface area contributed by atoms with Gasteiger partial charge in [-0.15, -0.1) is 0 Å². The molecule has 1 aromatic carbocycles. The van der Waals surface area contributed by atoms with Gasteiger partial charge >= 0.3 is 0 Å². The molecule has 0 bridgehead atoms. The Morgan fingerprint density at radius 3 is 2.00 bits per heavy atom. The first kappa shape index (κ1) is 15.6. The molecule has 1 aliphatic rings. The second kappa shape index (κ2) is 8.46. The summed E-state index contributed by atoms with van der Waals surface area (Å²) < 4.78 is 0. The van der Waals surface area contributed by atoms with E-state index in [9.17, 15) is 0 Å². The van der Waals surface area contributed by atoms with E-state index < -0.39 is 0 Å². The second-order valence-corrected chi connectivity index (χ2v) is 6.47. The van der Waals surface area contributed by atoms with Crippen molar-refractivity contribution in [1.82, 2.24) is 5.32 Å². The number of unbranched alkanes of at least 4 members (excludes halogenated alkanes) is 7. The molecule has 0 aromatic heterocycles. The Bertz CT molecular complexity index is 353. The van der Waals surface area contributed by atoms with Gasteiger partial charge in [-0.05, 0) is 12.0 Å². The zero-order chi connectivity index (χ0) is 14.1. The Balaban J connectivity index is 1.63. The van der Waals surface area contributed by atoms with Gasteiger partial charge in [0.2, 0.25) is 0 Å². The number of hydrogen-bond acceptors (Lipinski definition) is 1. The first-order valence-electron chi connectivity index (χ1n) is 8.64. The molecule has 1 aliphatic heterocycles. The molecule has 1 heterocycles. The van der Waals surface area contributed by atoms with Crippen LogP contribution in [0.25, 0.3) is 0 Å². The van der Waals surface area contributed by atoms with Gasteiger partial charge < -0.3 is 5.32 Å². The van der Waals surface area contributed by atoms with Crippen molar-refractivity contribution >= 4 is 0 Å². The summed E-state index contributed by atoms with van der Waals surface area (Å²) in [6.45, 7) is 4.64. The maximum absolute atomic E-state index is 3.48. The summed E-state index contributed by atoms with van der Waals surface area (Å²) in [5.74, 6) is 0. The normalized spacial score (nSPS) is 16.9. The van der Waals surface area contributed by atoms with E-state index in [0.29, 0.717) is 5.41 Å². The van der Waals surface area contributed by atoms with Gasteiger partial charge in [-0.25, -0.2) is 0 Å². The predicted molar refractivity (Wildman–Crippen MR) is 88.2 cm³/mol. The van der Waals surface area contributed by atoms with Crippen LogP contribution in [0.3, 0.4) is 0 Å². The van der Waals surface area contributed by atoms with Gasteiger partial charge in [0.25, 0.3) is 0 Å². The van der Waals surface area contributed by atoms with Crippen LogP contribution < -0.4 is 5.32 Å². The molecule has 1 heteroatoms. The maximum Gasteiger partial charge on any atom is 0.0202 e. The first-order chi connectivity index (χ1) is 9.87. The number of nitrogens with one attached hydrogen (secondary N) is 1. The molecule has 0 saturated carbocycles. The van der Waals surface area contributed by atoms with Gasteiger partial charge in [0, 0.05) is 18.5 Å². The van der Waals surface area contributed by atoms with E-state index in [1.807, 2.05) is 0 Å². The van der Waals surface area contributed by atoms with Crippen molar-refractivity contribution in [2.75, 3.05) is 13.1 Å². The van der Waals surface area contributed by atoms with Crippen LogP contribution in [-0.4, -0.2) is 13.1 Å². The van der Waals surface area contributed by atoms with Crippen molar-refractivity contribution in [2.45, 2.75) is 70.1 Å². The van der Waals surface area contributed by atoms with Gasteiger partial charge in [-0.1, -0.05) is 88.6 Å². The third-order valence-corrected chi connectivity index (χ3v) is 4.82. The molecular weight excluding hydrogens is 242 g/mol. The molecule has 0 radical (unpaired) electrons. The lowest BCUT2D eigenvalue weighted by molar-refractivity contribution is 0.249. The van der Waals surface area contributed by atoms with Crippen molar-refractivity contribution < 1.29 is 0 Å². The summed E-state index contributed by atoms with van der Waals surface area (Å²) in [7, 11) is 0. The molecule has 1 nitrogen and oxygen atoms in total. The van der Waals surface area contributed by atoms with E-state index in [4.69, 9.17) is 0 Å². The largest absolute Gasteiger partial charge is 0.315 e. The Morgan fingerprint density at radius 2 is 1.45 bits per heavy atom. The Hall–Kier alpha value is -0.820. The minimum atomic E-state index is 0.448. The Labute approximate surface area is 125 Å². The molecule has 1 saturated heterocycles. The Morgan fingerprint density at radius 1 is 0.850 bits per heavy atom. The topological polar surface area (TPSA) is 12.0 Å². The van der Waals surface area contributed by atoms with Crippen LogP contribution in [-0.2, 0) is 5.41 Å². The van der Waals surface area contributed by atoms with Gasteiger partial charge in [0.05, 0.1) is 0 Å². The third kappa shape index (κ3) is 4.34. The van der Waals surface area contributed by atoms with Gasteiger partial charge in [-0.3, -0.25) is 0 Å². The SMILES string of the molecule is CCCCCCCCCCC1(c2ccccc2)CNC1. The monoisotopic (exact) mass is 273 g/mol. The smallest absolute Gasteiger partial charge is 0.0202 e. The molecule has 0 aliphatic carbocycles. The van der Waals surface area contributed by atoms with Crippen LogP contribution in [0.1, 0.15) is 70.3 Å². The minimum Gasteiger partial charge on any atom is -0.315 e. The molecule has 112 valence electrons. The Kier molecular flexibility index (Phi) is 6.59. The van der Waals surface area contributed by atoms with E-state index in [-0.39, 0.29) is 0 Å². The van der Waals surface area contributed by atoms with Crippen LogP contribution in [0.5, 0.6) is 0 Å². The summed E-state index contributed by atoms with van der Waals surface area (Å²) in [5, 5.41) is 3.48. The third-order valence-electron chi connectivity index (χ3n) is 4.82. The fourth-order valence-corrected chi connectivity index (χ4v) is 3.34. The van der Waals surface area contributed by atoms with Crippen LogP contribution >= 0.6 is 0 Å². The summed E-state index contributed by atoms with van der Waals surface area (Å²) in [5.41, 5.74) is 1.99. The molecule has 0 amide bonds. The fourth-order valence-electron chi connectivity index (χ4n) is 3.34. The van der Waals surface area contributed by atoms with Crippen molar-refractivity contribution in [3.8, 4) is 0 Å². The standard InChI is InChI=1S/C19H31N/c1-2-3-4-5-6-7-8-12-15-19(16-20-17-19)18-13-10-9-11-14-18/h9-11,13-14,20H,2-8,12,15-17H2,1H3. The van der Waals surface area contributed by atoms with Crippen molar-refractivity contribution in [3.05, 3.63) is 35.9 Å². The first-order valence-corrected chi connectivity index (χ1v) is 8.64. The fraction of sp³-hybridized carbons (Fsp3) is 0.684. The summed E-state index contributed by atoms with van der Waals surface area (Å²) in [4.78, 5) is 0. The van der Waals surface area contributed by atoms with E-state index in [0.717, 1.165) is 0 Å². The highest BCUT2D eigenvalue weighted by Gasteiger charge is 2.37. The average Bonchev–Trinajstić information content (AvgIpc) is 2.45. The van der Waals surface area contributed by atoms with E-state index in [1.54, 1.807) is 5.56 Å². The number of hydrogen-bond donors (Lipinski definition) is 1. The number of benzene rings is 1. The molecule has 0 atom stereocenters. The predicted octanol–water partition coefficient (Wildman–Crippen LogP) is 5.06. The zero-order valence-corrected chi connectivity index (χ0v) is 13.2. The van der Waals surface area contributed by atoms with Gasteiger partial charge in [0.1, 0.15) is 0 Å². The van der Waals surface area contributed by atoms with Crippen molar-refractivity contribution in [2.24, 2.45) is 0 Å². The van der Waals surface area contributed by atoms with Crippen LogP contribution in [0.2, 0.25) is 0 Å². The van der Waals surface area contributed by atoms with E-state index >= 15 is 0 Å². The minimum absolute atomic E-state index is 0.448. The zero-order valence-electron chi connectivity index (χ0n) is 13.2. The maximum atomic E-state index is 3.48. The highest BCUT2D eigenvalue weighted by molar-refractivity contribution is 5.29. The molecule has 0 spiro atoms. The lowest BCUT2D eigenvalue weighted by Crippen LogP contribution is -2.56. The summed E-state index contributed by atoms with van der Waals surface area (Å²) in [6, 6.07) is 11.1. The van der Waals surface area contributed by atoms with Crippen LogP contribution in [0.4, 0.5) is 0 Å². The van der Waals surface area contributed by atoms with Crippen molar-refractivity contribution in [1.29, 1.82) is 0 Å². The highest BCUT2D eigenvalue weighted by atomic mass is 15.0. The molecule has 1 fully saturated rings. The quantitative estimate of drug-likeness (QED) is 0.588. The van der Waals surface area contributed by atoms with E-state index in [2.05, 4.69) is 42.6 Å². The summed E-state index contributed by atoms with van der Waals surface area (Å²) >= 11 is 0. The molecule has 1 aromatic rings. The lowest BCUT2D eigenvalue weighted by atomic mass is 9.71. The summed E-state index contributed by atoms with van der Waals surface area (Å²) in [6.07, 6.45) is 12.7. The molecule has 2 rings (SSSR count). The average molecular weight is 273 g/mol. The van der Waals surface area contributed by atoms with E-state index in [1.165, 1.54) is 70.9 Å². The molecule has 0 unspecified atom stereocenters. The highest BCUT2D eigenvalue weighted by Crippen LogP contribution is 2.34. The van der Waals surface area contributed by atoms with Gasteiger partial charge in [0.15, 0.2) is 0 Å². The second-order valence-electron chi connectivity index (χ2n) is 6.47. The van der Waals surface area contributed by atoms with Crippen LogP contribution in [0.15, 0.2) is 30.3 Å². The lowest BCUT2D eigenvalue weighted by Gasteiger charge is -2.43. The van der Waals surface area contributed by atoms with Gasteiger partial charge in [-0.2, -0.15) is 0 Å². The molecule has 20 heavy (non-hydrogen) atoms. The number of rotatable bonds is 10. The molecular formula is C19H31N. The van der Waals surface area contributed by atoms with Crippen LogP contribution in [0, 0.1) is 0 Å². The van der Waals surface area contributed by atoms with Crippen molar-refractivity contribution in [3.63, 3.8) is 0 Å². The molecule has 1 N–H and O–H groups in total.